The number of aromatic hydroxyl groups is 1. The molecule has 1 N–H and O–H groups in total. The summed E-state index contributed by atoms with van der Waals surface area (Å²) in [6.45, 7) is 1.23. The second-order valence-corrected chi connectivity index (χ2v) is 5.60. The normalized spacial score (nSPS) is 13.8. The number of nitrogens with zero attached hydrogens (tertiary/aromatic N) is 3. The van der Waals surface area contributed by atoms with E-state index in [-0.39, 0.29) is 11.4 Å². The number of phenolic OH excluding ortho intramolecular Hbond substituents is 1. The van der Waals surface area contributed by atoms with E-state index in [0.29, 0.717) is 18.3 Å². The van der Waals surface area contributed by atoms with Gasteiger partial charge in [-0.25, -0.2) is 4.98 Å². The van der Waals surface area contributed by atoms with Gasteiger partial charge in [0.1, 0.15) is 5.75 Å². The third kappa shape index (κ3) is 3.33. The second-order valence-electron chi connectivity index (χ2n) is 5.60. The number of anilines is 1. The molecule has 114 valence electrons. The molecule has 0 bridgehead atoms. The van der Waals surface area contributed by atoms with Crippen LogP contribution in [-0.2, 0) is 6.54 Å². The fourth-order valence-corrected chi connectivity index (χ4v) is 2.49. The molecule has 0 atom stereocenters. The van der Waals surface area contributed by atoms with Gasteiger partial charge in [-0.15, -0.1) is 0 Å². The maximum absolute atomic E-state index is 11.2. The van der Waals surface area contributed by atoms with E-state index in [0.717, 1.165) is 24.9 Å². The maximum atomic E-state index is 11.2. The van der Waals surface area contributed by atoms with Gasteiger partial charge in [0, 0.05) is 25.4 Å². The minimum Gasteiger partial charge on any atom is -0.508 e. The lowest BCUT2D eigenvalue weighted by Crippen LogP contribution is -2.26. The number of pyridine rings is 1. The molecule has 6 nitrogen and oxygen atoms in total. The van der Waals surface area contributed by atoms with Crippen LogP contribution in [0.3, 0.4) is 0 Å². The fourth-order valence-electron chi connectivity index (χ4n) is 2.49. The Hall–Kier alpha value is -2.63. The third-order valence-electron chi connectivity index (χ3n) is 3.72. The van der Waals surface area contributed by atoms with Crippen molar-refractivity contribution in [1.29, 1.82) is 0 Å². The van der Waals surface area contributed by atoms with Crippen molar-refractivity contribution in [2.24, 2.45) is 5.92 Å². The summed E-state index contributed by atoms with van der Waals surface area (Å²) in [4.78, 5) is 17.0. The molecule has 1 aromatic heterocycles. The van der Waals surface area contributed by atoms with E-state index in [1.807, 2.05) is 11.0 Å². The molecule has 22 heavy (non-hydrogen) atoms. The second kappa shape index (κ2) is 6.01. The molecule has 1 aliphatic rings. The van der Waals surface area contributed by atoms with Crippen LogP contribution in [-0.4, -0.2) is 21.6 Å². The van der Waals surface area contributed by atoms with Crippen molar-refractivity contribution in [3.8, 4) is 5.75 Å². The molecule has 0 radical (unpaired) electrons. The quantitative estimate of drug-likeness (QED) is 0.655. The lowest BCUT2D eigenvalue weighted by atomic mass is 10.2. The average molecular weight is 299 g/mol. The molecule has 0 amide bonds. The molecular formula is C16H17N3O3. The predicted molar refractivity (Wildman–Crippen MR) is 82.8 cm³/mol. The summed E-state index contributed by atoms with van der Waals surface area (Å²) in [7, 11) is 0. The van der Waals surface area contributed by atoms with Crippen molar-refractivity contribution in [3.05, 3.63) is 58.3 Å². The number of hydrogen-bond donors (Lipinski definition) is 1. The van der Waals surface area contributed by atoms with Crippen LogP contribution in [0.15, 0.2) is 42.6 Å². The molecule has 0 spiro atoms. The molecule has 2 aromatic rings. The standard InChI is InChI=1S/C16H17N3O3/c20-14-4-1-3-13(9-14)11-18(10-12-6-7-12)16-15(19(21)22)5-2-8-17-16/h1-5,8-9,12,20H,6-7,10-11H2. The minimum absolute atomic E-state index is 0.0169. The highest BCUT2D eigenvalue weighted by Gasteiger charge is 2.28. The molecule has 0 saturated heterocycles. The highest BCUT2D eigenvalue weighted by atomic mass is 16.6. The van der Waals surface area contributed by atoms with Crippen molar-refractivity contribution in [3.63, 3.8) is 0 Å². The van der Waals surface area contributed by atoms with Gasteiger partial charge in [-0.05, 0) is 42.5 Å². The number of nitro groups is 1. The first-order valence-electron chi connectivity index (χ1n) is 7.26. The van der Waals surface area contributed by atoms with Gasteiger partial charge in [0.15, 0.2) is 0 Å². The fraction of sp³-hybridized carbons (Fsp3) is 0.312. The zero-order valence-corrected chi connectivity index (χ0v) is 12.1. The van der Waals surface area contributed by atoms with E-state index in [2.05, 4.69) is 4.98 Å². The van der Waals surface area contributed by atoms with Gasteiger partial charge >= 0.3 is 5.69 Å². The van der Waals surface area contributed by atoms with Crippen molar-refractivity contribution >= 4 is 11.5 Å². The van der Waals surface area contributed by atoms with E-state index < -0.39 is 4.92 Å². The molecule has 1 aromatic carbocycles. The van der Waals surface area contributed by atoms with Crippen LogP contribution in [0, 0.1) is 16.0 Å². The van der Waals surface area contributed by atoms with Crippen LogP contribution in [0.2, 0.25) is 0 Å². The van der Waals surface area contributed by atoms with Crippen molar-refractivity contribution in [2.75, 3.05) is 11.4 Å². The number of hydrogen-bond acceptors (Lipinski definition) is 5. The molecular weight excluding hydrogens is 282 g/mol. The Balaban J connectivity index is 1.91. The molecule has 0 unspecified atom stereocenters. The van der Waals surface area contributed by atoms with Crippen molar-refractivity contribution in [2.45, 2.75) is 19.4 Å². The van der Waals surface area contributed by atoms with Crippen LogP contribution < -0.4 is 4.90 Å². The third-order valence-corrected chi connectivity index (χ3v) is 3.72. The van der Waals surface area contributed by atoms with Gasteiger partial charge in [-0.2, -0.15) is 0 Å². The SMILES string of the molecule is O=[N+]([O-])c1cccnc1N(Cc1cccc(O)c1)CC1CC1. The highest BCUT2D eigenvalue weighted by Crippen LogP contribution is 2.34. The lowest BCUT2D eigenvalue weighted by molar-refractivity contribution is -0.384. The van der Waals surface area contributed by atoms with Gasteiger partial charge < -0.3 is 10.0 Å². The van der Waals surface area contributed by atoms with Gasteiger partial charge in [-0.1, -0.05) is 12.1 Å². The van der Waals surface area contributed by atoms with Gasteiger partial charge in [0.25, 0.3) is 0 Å². The number of aromatic nitrogens is 1. The Morgan fingerprint density at radius 2 is 2.14 bits per heavy atom. The highest BCUT2D eigenvalue weighted by molar-refractivity contribution is 5.57. The van der Waals surface area contributed by atoms with E-state index >= 15 is 0 Å². The largest absolute Gasteiger partial charge is 0.508 e. The zero-order chi connectivity index (χ0) is 15.5. The summed E-state index contributed by atoms with van der Waals surface area (Å²) < 4.78 is 0. The molecule has 0 aliphatic heterocycles. The Bertz CT molecular complexity index is 686. The molecule has 3 rings (SSSR count). The van der Waals surface area contributed by atoms with E-state index in [4.69, 9.17) is 0 Å². The summed E-state index contributed by atoms with van der Waals surface area (Å²) in [6.07, 6.45) is 3.87. The van der Waals surface area contributed by atoms with Crippen LogP contribution in [0.1, 0.15) is 18.4 Å². The van der Waals surface area contributed by atoms with E-state index in [9.17, 15) is 15.2 Å². The zero-order valence-electron chi connectivity index (χ0n) is 12.1. The lowest BCUT2D eigenvalue weighted by Gasteiger charge is -2.23. The first-order chi connectivity index (χ1) is 10.6. The number of benzene rings is 1. The van der Waals surface area contributed by atoms with Crippen LogP contribution in [0.4, 0.5) is 11.5 Å². The molecule has 1 aliphatic carbocycles. The maximum Gasteiger partial charge on any atom is 0.311 e. The molecule has 1 heterocycles. The van der Waals surface area contributed by atoms with Crippen LogP contribution in [0.5, 0.6) is 5.75 Å². The first kappa shape index (κ1) is 14.3. The summed E-state index contributed by atoms with van der Waals surface area (Å²) in [5.74, 6) is 1.15. The summed E-state index contributed by atoms with van der Waals surface area (Å²) in [5, 5.41) is 20.8. The van der Waals surface area contributed by atoms with Gasteiger partial charge in [-0.3, -0.25) is 10.1 Å². The van der Waals surface area contributed by atoms with E-state index in [1.165, 1.54) is 6.07 Å². The van der Waals surface area contributed by atoms with Crippen molar-refractivity contribution < 1.29 is 10.0 Å². The molecule has 6 heteroatoms. The number of phenols is 1. The minimum atomic E-state index is -0.398. The van der Waals surface area contributed by atoms with Gasteiger partial charge in [0.05, 0.1) is 4.92 Å². The first-order valence-corrected chi connectivity index (χ1v) is 7.26. The average Bonchev–Trinajstić information content (AvgIpc) is 3.31. The Morgan fingerprint density at radius 3 is 2.82 bits per heavy atom. The Labute approximate surface area is 128 Å². The summed E-state index contributed by atoms with van der Waals surface area (Å²) in [6, 6.07) is 10.0. The van der Waals surface area contributed by atoms with E-state index in [1.54, 1.807) is 30.5 Å². The Morgan fingerprint density at radius 1 is 1.32 bits per heavy atom. The summed E-state index contributed by atoms with van der Waals surface area (Å²) >= 11 is 0. The Kier molecular flexibility index (Phi) is 3.91. The molecule has 1 fully saturated rings. The van der Waals surface area contributed by atoms with Gasteiger partial charge in [0.2, 0.25) is 5.82 Å². The van der Waals surface area contributed by atoms with Crippen LogP contribution >= 0.6 is 0 Å². The monoisotopic (exact) mass is 299 g/mol. The predicted octanol–water partition coefficient (Wildman–Crippen LogP) is 3.11. The van der Waals surface area contributed by atoms with Crippen molar-refractivity contribution in [1.82, 2.24) is 4.98 Å². The topological polar surface area (TPSA) is 79.5 Å². The molecule has 1 saturated carbocycles. The summed E-state index contributed by atoms with van der Waals surface area (Å²) in [5.41, 5.74) is 0.920. The number of rotatable bonds is 6. The van der Waals surface area contributed by atoms with Crippen LogP contribution in [0.25, 0.3) is 0 Å². The smallest absolute Gasteiger partial charge is 0.311 e.